The van der Waals surface area contributed by atoms with Gasteiger partial charge in [-0.1, -0.05) is 12.1 Å². The monoisotopic (exact) mass is 457 g/mol. The largest absolute Gasteiger partial charge is 0.471 e. The molecule has 1 amide bonds. The van der Waals surface area contributed by atoms with Crippen molar-refractivity contribution in [3.63, 3.8) is 0 Å². The second-order valence-corrected chi connectivity index (χ2v) is 8.87. The van der Waals surface area contributed by atoms with E-state index in [1.807, 2.05) is 5.32 Å². The lowest BCUT2D eigenvalue weighted by Crippen LogP contribution is -2.42. The Hall–Kier alpha value is -2.88. The van der Waals surface area contributed by atoms with Gasteiger partial charge in [0.05, 0.1) is 22.0 Å². The number of carbonyl (C=O) groups is 2. The Kier molecular flexibility index (Phi) is 7.48. The zero-order valence-corrected chi connectivity index (χ0v) is 17.9. The zero-order valence-electron chi connectivity index (χ0n) is 17.1. The van der Waals surface area contributed by atoms with Crippen molar-refractivity contribution in [2.24, 2.45) is 0 Å². The van der Waals surface area contributed by atoms with Crippen molar-refractivity contribution in [1.29, 1.82) is 0 Å². The summed E-state index contributed by atoms with van der Waals surface area (Å²) in [7, 11) is -3.87. The molecule has 0 saturated heterocycles. The molecule has 0 spiro atoms. The maximum Gasteiger partial charge on any atom is 0.471 e. The summed E-state index contributed by atoms with van der Waals surface area (Å²) in [5, 5.41) is 1.85. The van der Waals surface area contributed by atoms with Crippen LogP contribution in [0.4, 0.5) is 13.2 Å². The van der Waals surface area contributed by atoms with Crippen LogP contribution in [0.2, 0.25) is 0 Å². The van der Waals surface area contributed by atoms with Crippen LogP contribution in [0.5, 0.6) is 0 Å². The molecule has 1 atom stereocenters. The molecule has 168 valence electrons. The quantitative estimate of drug-likeness (QED) is 0.642. The Labute approximate surface area is 178 Å². The molecule has 0 unspecified atom stereocenters. The number of hydrogen-bond acceptors (Lipinski definition) is 5. The third-order valence-electron chi connectivity index (χ3n) is 4.41. The lowest BCUT2D eigenvalue weighted by atomic mass is 10.1. The number of benzene rings is 2. The van der Waals surface area contributed by atoms with Gasteiger partial charge in [0.2, 0.25) is 9.84 Å². The van der Waals surface area contributed by atoms with Gasteiger partial charge in [0.15, 0.2) is 0 Å². The lowest BCUT2D eigenvalue weighted by Gasteiger charge is -2.15. The molecular weight excluding hydrogens is 435 g/mol. The van der Waals surface area contributed by atoms with Crippen molar-refractivity contribution in [1.82, 2.24) is 5.32 Å². The summed E-state index contributed by atoms with van der Waals surface area (Å²) >= 11 is 0. The average Bonchev–Trinajstić information content (AvgIpc) is 2.67. The molecule has 2 rings (SSSR count). The fourth-order valence-electron chi connectivity index (χ4n) is 2.89. The molecule has 0 aliphatic heterocycles. The number of amides is 1. The molecule has 0 saturated carbocycles. The molecule has 6 nitrogen and oxygen atoms in total. The van der Waals surface area contributed by atoms with E-state index in [1.54, 1.807) is 13.8 Å². The first kappa shape index (κ1) is 24.4. The van der Waals surface area contributed by atoms with Gasteiger partial charge in [-0.2, -0.15) is 13.2 Å². The third-order valence-corrected chi connectivity index (χ3v) is 6.18. The Morgan fingerprint density at radius 1 is 1.06 bits per heavy atom. The minimum absolute atomic E-state index is 0.00314. The van der Waals surface area contributed by atoms with Crippen molar-refractivity contribution < 1.29 is 35.9 Å². The highest BCUT2D eigenvalue weighted by molar-refractivity contribution is 7.91. The lowest BCUT2D eigenvalue weighted by molar-refractivity contribution is -0.174. The molecule has 2 aromatic rings. The molecule has 1 N–H and O–H groups in total. The molecule has 0 aliphatic rings. The van der Waals surface area contributed by atoms with E-state index in [9.17, 15) is 31.2 Å². The van der Waals surface area contributed by atoms with Crippen LogP contribution in [0.15, 0.2) is 52.3 Å². The van der Waals surface area contributed by atoms with E-state index in [4.69, 9.17) is 4.74 Å². The highest BCUT2D eigenvalue weighted by Gasteiger charge is 2.39. The van der Waals surface area contributed by atoms with E-state index in [0.29, 0.717) is 11.1 Å². The summed E-state index contributed by atoms with van der Waals surface area (Å²) in [6.45, 7) is 4.89. The first-order valence-electron chi connectivity index (χ1n) is 9.35. The van der Waals surface area contributed by atoms with E-state index in [0.717, 1.165) is 0 Å². The Balaban J connectivity index is 2.17. The number of ether oxygens (including phenoxy) is 1. The number of halogens is 3. The van der Waals surface area contributed by atoms with Gasteiger partial charge < -0.3 is 10.1 Å². The van der Waals surface area contributed by atoms with Crippen molar-refractivity contribution in [3.05, 3.63) is 59.2 Å². The number of hydrogen-bond donors (Lipinski definition) is 1. The summed E-state index contributed by atoms with van der Waals surface area (Å²) < 4.78 is 67.7. The molecule has 0 heterocycles. The summed E-state index contributed by atoms with van der Waals surface area (Å²) in [4.78, 5) is 22.9. The molecule has 0 radical (unpaired) electrons. The van der Waals surface area contributed by atoms with Crippen LogP contribution in [0.3, 0.4) is 0 Å². The van der Waals surface area contributed by atoms with Crippen LogP contribution >= 0.6 is 0 Å². The second-order valence-electron chi connectivity index (χ2n) is 6.92. The predicted octanol–water partition coefficient (Wildman–Crippen LogP) is 3.61. The minimum Gasteiger partial charge on any atom is -0.462 e. The van der Waals surface area contributed by atoms with Crippen LogP contribution in [0.1, 0.15) is 35.3 Å². The number of esters is 1. The third kappa shape index (κ3) is 6.06. The smallest absolute Gasteiger partial charge is 0.462 e. The Morgan fingerprint density at radius 3 is 2.16 bits per heavy atom. The molecule has 10 heteroatoms. The van der Waals surface area contributed by atoms with Crippen LogP contribution in [-0.2, 0) is 25.8 Å². The SMILES string of the molecule is CCOC(=O)c1ccc(S(=O)(=O)c2ccc(C[C@@H](C)NC(=O)C(F)(F)F)cc2)cc1C. The fraction of sp³-hybridized carbons (Fsp3) is 0.333. The number of alkyl halides is 3. The fourth-order valence-corrected chi connectivity index (χ4v) is 4.24. The highest BCUT2D eigenvalue weighted by Crippen LogP contribution is 2.24. The summed E-state index contributed by atoms with van der Waals surface area (Å²) in [5.74, 6) is -2.57. The molecule has 2 aromatic carbocycles. The molecule has 0 fully saturated rings. The number of rotatable bonds is 7. The average molecular weight is 457 g/mol. The van der Waals surface area contributed by atoms with Crippen molar-refractivity contribution in [2.45, 2.75) is 49.2 Å². The van der Waals surface area contributed by atoms with Crippen LogP contribution in [0, 0.1) is 6.92 Å². The van der Waals surface area contributed by atoms with Gasteiger partial charge in [-0.3, -0.25) is 4.79 Å². The van der Waals surface area contributed by atoms with Gasteiger partial charge >= 0.3 is 18.1 Å². The van der Waals surface area contributed by atoms with Gasteiger partial charge in [-0.15, -0.1) is 0 Å². The van der Waals surface area contributed by atoms with E-state index in [-0.39, 0.29) is 28.4 Å². The summed E-state index contributed by atoms with van der Waals surface area (Å²) in [5.41, 5.74) is 1.28. The number of aryl methyl sites for hydroxylation is 1. The van der Waals surface area contributed by atoms with Crippen LogP contribution in [-0.4, -0.2) is 39.1 Å². The molecule has 0 aromatic heterocycles. The Morgan fingerprint density at radius 2 is 1.65 bits per heavy atom. The van der Waals surface area contributed by atoms with E-state index < -0.39 is 33.9 Å². The van der Waals surface area contributed by atoms with Crippen molar-refractivity contribution in [3.8, 4) is 0 Å². The maximum absolute atomic E-state index is 12.9. The van der Waals surface area contributed by atoms with Crippen molar-refractivity contribution >= 4 is 21.7 Å². The molecule has 0 aliphatic carbocycles. The minimum atomic E-state index is -4.97. The summed E-state index contributed by atoms with van der Waals surface area (Å²) in [6, 6.07) is 8.93. The van der Waals surface area contributed by atoms with E-state index in [2.05, 4.69) is 0 Å². The maximum atomic E-state index is 12.9. The van der Waals surface area contributed by atoms with Gasteiger partial charge in [-0.25, -0.2) is 13.2 Å². The standard InChI is InChI=1S/C21H22F3NO5S/c1-4-30-19(26)18-10-9-17(11-13(18)2)31(28,29)16-7-5-15(6-8-16)12-14(3)25-20(27)21(22,23)24/h5-11,14H,4,12H2,1-3H3,(H,25,27)/t14-/m1/s1. The number of sulfone groups is 1. The highest BCUT2D eigenvalue weighted by atomic mass is 32.2. The molecule has 31 heavy (non-hydrogen) atoms. The van der Waals surface area contributed by atoms with Crippen LogP contribution < -0.4 is 5.32 Å². The van der Waals surface area contributed by atoms with E-state index >= 15 is 0 Å². The predicted molar refractivity (Wildman–Crippen MR) is 106 cm³/mol. The van der Waals surface area contributed by atoms with E-state index in [1.165, 1.54) is 49.4 Å². The summed E-state index contributed by atoms with van der Waals surface area (Å²) in [6.07, 6.45) is -4.87. The number of nitrogens with one attached hydrogen (secondary N) is 1. The van der Waals surface area contributed by atoms with Gasteiger partial charge in [-0.05, 0) is 68.7 Å². The van der Waals surface area contributed by atoms with Crippen molar-refractivity contribution in [2.75, 3.05) is 6.61 Å². The Bertz CT molecular complexity index is 1060. The number of carbonyl (C=O) groups excluding carboxylic acids is 2. The topological polar surface area (TPSA) is 89.5 Å². The first-order valence-corrected chi connectivity index (χ1v) is 10.8. The first-order chi connectivity index (χ1) is 14.4. The van der Waals surface area contributed by atoms with Crippen LogP contribution in [0.25, 0.3) is 0 Å². The zero-order chi connectivity index (χ0) is 23.4. The van der Waals surface area contributed by atoms with Gasteiger partial charge in [0, 0.05) is 6.04 Å². The molecule has 0 bridgehead atoms. The molecular formula is C21H22F3NO5S. The normalized spacial score (nSPS) is 12.8. The van der Waals surface area contributed by atoms with Gasteiger partial charge in [0.1, 0.15) is 0 Å². The van der Waals surface area contributed by atoms with Gasteiger partial charge in [0.25, 0.3) is 0 Å². The second kappa shape index (κ2) is 9.51.